The van der Waals surface area contributed by atoms with E-state index in [1.165, 1.54) is 6.20 Å². The zero-order valence-corrected chi connectivity index (χ0v) is 13.1. The Bertz CT molecular complexity index is 627. The maximum Gasteiger partial charge on any atom is 0.254 e. The predicted octanol–water partition coefficient (Wildman–Crippen LogP) is 2.52. The van der Waals surface area contributed by atoms with Gasteiger partial charge in [0.15, 0.2) is 0 Å². The van der Waals surface area contributed by atoms with Crippen molar-refractivity contribution in [2.24, 2.45) is 0 Å². The lowest BCUT2D eigenvalue weighted by atomic mass is 10.3. The van der Waals surface area contributed by atoms with Crippen molar-refractivity contribution >= 4 is 29.1 Å². The summed E-state index contributed by atoms with van der Waals surface area (Å²) in [7, 11) is 1.88. The zero-order valence-electron chi connectivity index (χ0n) is 11.6. The van der Waals surface area contributed by atoms with E-state index in [4.69, 9.17) is 23.2 Å². The number of hydrogen-bond donors (Lipinski definition) is 2. The smallest absolute Gasteiger partial charge is 0.254 e. The van der Waals surface area contributed by atoms with Gasteiger partial charge in [0.05, 0.1) is 22.5 Å². The van der Waals surface area contributed by atoms with Crippen molar-refractivity contribution in [1.29, 1.82) is 0 Å². The molecule has 0 aliphatic heterocycles. The Morgan fingerprint density at radius 2 is 2.14 bits per heavy atom. The van der Waals surface area contributed by atoms with Crippen molar-refractivity contribution in [1.82, 2.24) is 20.4 Å². The Morgan fingerprint density at radius 1 is 1.33 bits per heavy atom. The highest BCUT2D eigenvalue weighted by molar-refractivity contribution is 6.35. The van der Waals surface area contributed by atoms with Crippen LogP contribution in [0.3, 0.4) is 0 Å². The van der Waals surface area contributed by atoms with Crippen LogP contribution in [-0.4, -0.2) is 35.8 Å². The summed E-state index contributed by atoms with van der Waals surface area (Å²) in [6.07, 6.45) is 4.03. The number of amides is 1. The number of carbonyl (C=O) groups is 1. The van der Waals surface area contributed by atoms with E-state index in [9.17, 15) is 4.79 Å². The van der Waals surface area contributed by atoms with E-state index in [0.717, 1.165) is 13.0 Å². The number of carbonyl (C=O) groups excluding carboxylic acids is 1. The number of rotatable bonds is 6. The molecule has 0 aliphatic carbocycles. The topological polar surface area (TPSA) is 58.9 Å². The summed E-state index contributed by atoms with van der Waals surface area (Å²) in [5.41, 5.74) is 1.17. The van der Waals surface area contributed by atoms with Gasteiger partial charge in [-0.05, 0) is 38.2 Å². The summed E-state index contributed by atoms with van der Waals surface area (Å²) in [5.74, 6) is -0.151. The third-order valence-electron chi connectivity index (χ3n) is 2.89. The average Bonchev–Trinajstić information content (AvgIpc) is 2.93. The van der Waals surface area contributed by atoms with E-state index in [1.807, 2.05) is 7.05 Å². The summed E-state index contributed by atoms with van der Waals surface area (Å²) < 4.78 is 1.56. The van der Waals surface area contributed by atoms with Gasteiger partial charge in [0.2, 0.25) is 0 Å². The van der Waals surface area contributed by atoms with Crippen LogP contribution in [-0.2, 0) is 0 Å². The van der Waals surface area contributed by atoms with E-state index in [2.05, 4.69) is 15.7 Å². The molecule has 0 saturated heterocycles. The Labute approximate surface area is 133 Å². The van der Waals surface area contributed by atoms with Crippen LogP contribution in [0.1, 0.15) is 16.8 Å². The predicted molar refractivity (Wildman–Crippen MR) is 84.5 cm³/mol. The third kappa shape index (κ3) is 4.20. The van der Waals surface area contributed by atoms with Gasteiger partial charge in [0.1, 0.15) is 0 Å². The molecule has 2 aromatic rings. The van der Waals surface area contributed by atoms with Gasteiger partial charge in [-0.15, -0.1) is 0 Å². The van der Waals surface area contributed by atoms with Crippen LogP contribution >= 0.6 is 23.2 Å². The molecule has 0 bridgehead atoms. The molecule has 2 N–H and O–H groups in total. The Kier molecular flexibility index (Phi) is 5.61. The molecule has 0 unspecified atom stereocenters. The quantitative estimate of drug-likeness (QED) is 0.802. The van der Waals surface area contributed by atoms with Crippen LogP contribution in [0.2, 0.25) is 10.0 Å². The molecule has 5 nitrogen and oxygen atoms in total. The lowest BCUT2D eigenvalue weighted by Gasteiger charge is -2.04. The van der Waals surface area contributed by atoms with Crippen LogP contribution in [0.15, 0.2) is 30.6 Å². The minimum absolute atomic E-state index is 0.151. The van der Waals surface area contributed by atoms with Gasteiger partial charge in [0.25, 0.3) is 5.91 Å². The van der Waals surface area contributed by atoms with Gasteiger partial charge in [0, 0.05) is 17.8 Å². The molecule has 7 heteroatoms. The van der Waals surface area contributed by atoms with Crippen molar-refractivity contribution in [3.63, 3.8) is 0 Å². The van der Waals surface area contributed by atoms with Crippen molar-refractivity contribution < 1.29 is 4.79 Å². The molecule has 112 valence electrons. The van der Waals surface area contributed by atoms with Gasteiger partial charge < -0.3 is 10.6 Å². The molecule has 1 aromatic heterocycles. The van der Waals surface area contributed by atoms with Crippen LogP contribution in [0.25, 0.3) is 5.69 Å². The normalized spacial score (nSPS) is 10.6. The molecule has 0 radical (unpaired) electrons. The Balaban J connectivity index is 2.05. The summed E-state index contributed by atoms with van der Waals surface area (Å²) >= 11 is 12.0. The van der Waals surface area contributed by atoms with Gasteiger partial charge in [-0.25, -0.2) is 4.68 Å². The minimum Gasteiger partial charge on any atom is -0.352 e. The SMILES string of the molecule is CNCCCNC(=O)c1cnn(-c2ccc(Cl)cc2Cl)c1. The first kappa shape index (κ1) is 15.8. The molecule has 1 heterocycles. The second-order valence-electron chi connectivity index (χ2n) is 4.48. The number of nitrogens with one attached hydrogen (secondary N) is 2. The van der Waals surface area contributed by atoms with E-state index in [0.29, 0.717) is 27.8 Å². The fraction of sp³-hybridized carbons (Fsp3) is 0.286. The summed E-state index contributed by atoms with van der Waals surface area (Å²) in [5, 5.41) is 11.1. The summed E-state index contributed by atoms with van der Waals surface area (Å²) in [6, 6.07) is 5.12. The maximum atomic E-state index is 12.0. The highest BCUT2D eigenvalue weighted by Crippen LogP contribution is 2.24. The van der Waals surface area contributed by atoms with E-state index in [1.54, 1.807) is 29.1 Å². The summed E-state index contributed by atoms with van der Waals surface area (Å²) in [6.45, 7) is 1.48. The van der Waals surface area contributed by atoms with Crippen LogP contribution < -0.4 is 10.6 Å². The van der Waals surface area contributed by atoms with Gasteiger partial charge in [-0.3, -0.25) is 4.79 Å². The molecule has 0 spiro atoms. The zero-order chi connectivity index (χ0) is 15.2. The molecule has 21 heavy (non-hydrogen) atoms. The second kappa shape index (κ2) is 7.45. The number of benzene rings is 1. The molecule has 0 saturated carbocycles. The largest absolute Gasteiger partial charge is 0.352 e. The first-order valence-electron chi connectivity index (χ1n) is 6.54. The maximum absolute atomic E-state index is 12.0. The second-order valence-corrected chi connectivity index (χ2v) is 5.33. The fourth-order valence-electron chi connectivity index (χ4n) is 1.81. The molecule has 1 amide bonds. The lowest BCUT2D eigenvalue weighted by molar-refractivity contribution is 0.0953. The Morgan fingerprint density at radius 3 is 2.86 bits per heavy atom. The van der Waals surface area contributed by atoms with Gasteiger partial charge in [-0.2, -0.15) is 5.10 Å². The minimum atomic E-state index is -0.151. The number of aromatic nitrogens is 2. The van der Waals surface area contributed by atoms with Crippen molar-refractivity contribution in [3.05, 3.63) is 46.2 Å². The molecular weight excluding hydrogens is 311 g/mol. The molecule has 0 aliphatic rings. The van der Waals surface area contributed by atoms with E-state index >= 15 is 0 Å². The first-order chi connectivity index (χ1) is 10.1. The fourth-order valence-corrected chi connectivity index (χ4v) is 2.30. The summed E-state index contributed by atoms with van der Waals surface area (Å²) in [4.78, 5) is 12.0. The monoisotopic (exact) mass is 326 g/mol. The highest BCUT2D eigenvalue weighted by atomic mass is 35.5. The van der Waals surface area contributed by atoms with E-state index < -0.39 is 0 Å². The first-order valence-corrected chi connectivity index (χ1v) is 7.30. The molecule has 0 atom stereocenters. The Hall–Kier alpha value is -1.56. The van der Waals surface area contributed by atoms with Crippen molar-refractivity contribution in [2.75, 3.05) is 20.1 Å². The van der Waals surface area contributed by atoms with Gasteiger partial charge >= 0.3 is 0 Å². The van der Waals surface area contributed by atoms with Crippen molar-refractivity contribution in [3.8, 4) is 5.69 Å². The van der Waals surface area contributed by atoms with Crippen LogP contribution in [0, 0.1) is 0 Å². The average molecular weight is 327 g/mol. The number of nitrogens with zero attached hydrogens (tertiary/aromatic N) is 2. The molecule has 0 fully saturated rings. The number of halogens is 2. The van der Waals surface area contributed by atoms with Gasteiger partial charge in [-0.1, -0.05) is 23.2 Å². The van der Waals surface area contributed by atoms with Crippen LogP contribution in [0.4, 0.5) is 0 Å². The lowest BCUT2D eigenvalue weighted by Crippen LogP contribution is -2.26. The van der Waals surface area contributed by atoms with Crippen LogP contribution in [0.5, 0.6) is 0 Å². The van der Waals surface area contributed by atoms with E-state index in [-0.39, 0.29) is 5.91 Å². The molecule has 2 rings (SSSR count). The standard InChI is InChI=1S/C14H16Cl2N4O/c1-17-5-2-6-18-14(21)10-8-19-20(9-10)13-4-3-11(15)7-12(13)16/h3-4,7-9,17H,2,5-6H2,1H3,(H,18,21). The third-order valence-corrected chi connectivity index (χ3v) is 3.43. The molecule has 1 aromatic carbocycles. The highest BCUT2D eigenvalue weighted by Gasteiger charge is 2.10. The number of hydrogen-bond acceptors (Lipinski definition) is 3. The van der Waals surface area contributed by atoms with Crippen molar-refractivity contribution in [2.45, 2.75) is 6.42 Å². The molecular formula is C14H16Cl2N4O.